The average Bonchev–Trinajstić information content (AvgIpc) is 2.45. The fourth-order valence-electron chi connectivity index (χ4n) is 2.08. The minimum absolute atomic E-state index is 0.349. The molecule has 0 aromatic heterocycles. The number of benzene rings is 1. The number of rotatable bonds is 5. The average molecular weight is 307 g/mol. The second kappa shape index (κ2) is 6.92. The van der Waals surface area contributed by atoms with Crippen molar-refractivity contribution in [3.05, 3.63) is 35.9 Å². The van der Waals surface area contributed by atoms with E-state index in [4.69, 9.17) is 9.47 Å². The van der Waals surface area contributed by atoms with Gasteiger partial charge in [0.15, 0.2) is 5.54 Å². The molecule has 22 heavy (non-hydrogen) atoms. The van der Waals surface area contributed by atoms with Crippen LogP contribution in [0.4, 0.5) is 0 Å². The Labute approximate surface area is 132 Å². The molecule has 1 rings (SSSR count). The van der Waals surface area contributed by atoms with Gasteiger partial charge in [0.2, 0.25) is 0 Å². The molecule has 0 fully saturated rings. The first-order chi connectivity index (χ1) is 10.1. The molecule has 1 amide bonds. The van der Waals surface area contributed by atoms with Crippen molar-refractivity contribution in [2.75, 3.05) is 7.11 Å². The van der Waals surface area contributed by atoms with Gasteiger partial charge < -0.3 is 14.8 Å². The van der Waals surface area contributed by atoms with Crippen molar-refractivity contribution >= 4 is 11.9 Å². The highest BCUT2D eigenvalue weighted by atomic mass is 16.5. The molecule has 0 spiro atoms. The fraction of sp³-hybridized carbons (Fsp3) is 0.529. The van der Waals surface area contributed by atoms with Crippen molar-refractivity contribution in [2.45, 2.75) is 51.9 Å². The number of amides is 1. The van der Waals surface area contributed by atoms with E-state index < -0.39 is 23.2 Å². The maximum atomic E-state index is 12.4. The second-order valence-electron chi connectivity index (χ2n) is 6.39. The molecule has 0 heterocycles. The molecule has 0 aliphatic carbocycles. The predicted molar refractivity (Wildman–Crippen MR) is 84.6 cm³/mol. The molecule has 5 nitrogen and oxygen atoms in total. The van der Waals surface area contributed by atoms with Crippen LogP contribution in [0.5, 0.6) is 0 Å². The number of hydrogen-bond acceptors (Lipinski definition) is 4. The zero-order valence-corrected chi connectivity index (χ0v) is 14.1. The summed E-state index contributed by atoms with van der Waals surface area (Å²) in [5.41, 5.74) is -1.26. The summed E-state index contributed by atoms with van der Waals surface area (Å²) in [5, 5.41) is 2.74. The van der Waals surface area contributed by atoms with Gasteiger partial charge in [0.1, 0.15) is 0 Å². The normalized spacial score (nSPS) is 15.5. The minimum Gasteiger partial charge on any atom is -0.467 e. The van der Waals surface area contributed by atoms with E-state index in [1.165, 1.54) is 7.11 Å². The highest BCUT2D eigenvalue weighted by molar-refractivity contribution is 5.98. The van der Waals surface area contributed by atoms with Crippen LogP contribution < -0.4 is 5.32 Å². The van der Waals surface area contributed by atoms with Gasteiger partial charge in [0.05, 0.1) is 18.8 Å². The first-order valence-electron chi connectivity index (χ1n) is 7.24. The Morgan fingerprint density at radius 3 is 2.09 bits per heavy atom. The van der Waals surface area contributed by atoms with Crippen molar-refractivity contribution in [3.63, 3.8) is 0 Å². The maximum absolute atomic E-state index is 12.4. The number of hydrogen-bond donors (Lipinski definition) is 1. The summed E-state index contributed by atoms with van der Waals surface area (Å²) in [7, 11) is 1.29. The number of esters is 1. The maximum Gasteiger partial charge on any atom is 0.334 e. The summed E-state index contributed by atoms with van der Waals surface area (Å²) in [6, 6.07) is 8.71. The van der Waals surface area contributed by atoms with Gasteiger partial charge in [-0.15, -0.1) is 0 Å². The molecule has 0 aliphatic rings. The van der Waals surface area contributed by atoms with Gasteiger partial charge in [-0.05, 0) is 46.8 Å². The van der Waals surface area contributed by atoms with E-state index in [0.717, 1.165) is 0 Å². The molecular weight excluding hydrogens is 282 g/mol. The van der Waals surface area contributed by atoms with E-state index >= 15 is 0 Å². The lowest BCUT2D eigenvalue weighted by Gasteiger charge is -2.37. The molecule has 0 saturated carbocycles. The highest BCUT2D eigenvalue weighted by Crippen LogP contribution is 2.22. The summed E-state index contributed by atoms with van der Waals surface area (Å²) in [4.78, 5) is 24.6. The first-order valence-corrected chi connectivity index (χ1v) is 7.24. The summed E-state index contributed by atoms with van der Waals surface area (Å²) < 4.78 is 10.7. The van der Waals surface area contributed by atoms with Gasteiger partial charge in [0.25, 0.3) is 5.91 Å². The third kappa shape index (κ3) is 4.56. The lowest BCUT2D eigenvalue weighted by Crippen LogP contribution is -2.61. The third-order valence-corrected chi connectivity index (χ3v) is 3.36. The predicted octanol–water partition coefficient (Wildman–Crippen LogP) is 2.55. The van der Waals surface area contributed by atoms with E-state index in [-0.39, 0.29) is 5.91 Å². The molecule has 2 atom stereocenters. The Morgan fingerprint density at radius 2 is 1.64 bits per heavy atom. The zero-order valence-electron chi connectivity index (χ0n) is 14.1. The van der Waals surface area contributed by atoms with Gasteiger partial charge in [-0.2, -0.15) is 0 Å². The molecule has 0 radical (unpaired) electrons. The van der Waals surface area contributed by atoms with Gasteiger partial charge in [-0.25, -0.2) is 4.79 Å². The van der Waals surface area contributed by atoms with Crippen molar-refractivity contribution in [1.29, 1.82) is 0 Å². The van der Waals surface area contributed by atoms with Gasteiger partial charge in [0, 0.05) is 5.56 Å². The summed E-state index contributed by atoms with van der Waals surface area (Å²) >= 11 is 0. The van der Waals surface area contributed by atoms with Crippen LogP contribution >= 0.6 is 0 Å². The van der Waals surface area contributed by atoms with Crippen LogP contribution in [-0.4, -0.2) is 36.2 Å². The molecule has 122 valence electrons. The smallest absolute Gasteiger partial charge is 0.334 e. The molecular formula is C17H25NO4. The standard InChI is InChI=1S/C17H25NO4/c1-12(22-16(2,3)4)17(5,15(20)21-6)18-14(19)13-10-8-7-9-11-13/h7-12H,1-6H3,(H,18,19). The van der Waals surface area contributed by atoms with Crippen LogP contribution in [0, 0.1) is 0 Å². The van der Waals surface area contributed by atoms with Gasteiger partial charge in [-0.1, -0.05) is 18.2 Å². The number of nitrogens with one attached hydrogen (secondary N) is 1. The van der Waals surface area contributed by atoms with Crippen LogP contribution in [0.3, 0.4) is 0 Å². The molecule has 1 aromatic rings. The molecule has 5 heteroatoms. The monoisotopic (exact) mass is 307 g/mol. The van der Waals surface area contributed by atoms with E-state index in [0.29, 0.717) is 5.56 Å². The van der Waals surface area contributed by atoms with E-state index in [2.05, 4.69) is 5.32 Å². The largest absolute Gasteiger partial charge is 0.467 e. The summed E-state index contributed by atoms with van der Waals surface area (Å²) in [5.74, 6) is -0.897. The molecule has 2 unspecified atom stereocenters. The quantitative estimate of drug-likeness (QED) is 0.849. The Balaban J connectivity index is 3.02. The van der Waals surface area contributed by atoms with Crippen LogP contribution in [0.25, 0.3) is 0 Å². The molecule has 1 N–H and O–H groups in total. The first kappa shape index (κ1) is 18.2. The lowest BCUT2D eigenvalue weighted by atomic mass is 9.94. The van der Waals surface area contributed by atoms with E-state index in [9.17, 15) is 9.59 Å². The Morgan fingerprint density at radius 1 is 1.09 bits per heavy atom. The Kier molecular flexibility index (Phi) is 5.72. The van der Waals surface area contributed by atoms with E-state index in [1.54, 1.807) is 38.1 Å². The van der Waals surface area contributed by atoms with Crippen molar-refractivity contribution in [2.24, 2.45) is 0 Å². The number of carbonyl (C=O) groups is 2. The second-order valence-corrected chi connectivity index (χ2v) is 6.39. The SMILES string of the molecule is COC(=O)C(C)(NC(=O)c1ccccc1)C(C)OC(C)(C)C. The van der Waals surface area contributed by atoms with Crippen LogP contribution in [0.1, 0.15) is 45.0 Å². The zero-order chi connectivity index (χ0) is 17.0. The van der Waals surface area contributed by atoms with Crippen LogP contribution in [0.15, 0.2) is 30.3 Å². The van der Waals surface area contributed by atoms with E-state index in [1.807, 2.05) is 26.8 Å². The van der Waals surface area contributed by atoms with Gasteiger partial charge >= 0.3 is 5.97 Å². The van der Waals surface area contributed by atoms with Gasteiger partial charge in [-0.3, -0.25) is 4.79 Å². The molecule has 0 saturated heterocycles. The van der Waals surface area contributed by atoms with Crippen LogP contribution in [-0.2, 0) is 14.3 Å². The highest BCUT2D eigenvalue weighted by Gasteiger charge is 2.44. The Bertz CT molecular complexity index is 521. The summed E-state index contributed by atoms with van der Waals surface area (Å²) in [6.07, 6.45) is -0.562. The third-order valence-electron chi connectivity index (χ3n) is 3.36. The topological polar surface area (TPSA) is 64.6 Å². The summed E-state index contributed by atoms with van der Waals surface area (Å²) in [6.45, 7) is 9.02. The minimum atomic E-state index is -1.28. The van der Waals surface area contributed by atoms with Crippen molar-refractivity contribution in [1.82, 2.24) is 5.32 Å². The molecule has 0 bridgehead atoms. The lowest BCUT2D eigenvalue weighted by molar-refractivity contribution is -0.159. The van der Waals surface area contributed by atoms with Crippen molar-refractivity contribution in [3.8, 4) is 0 Å². The molecule has 0 aliphatic heterocycles. The van der Waals surface area contributed by atoms with Crippen molar-refractivity contribution < 1.29 is 19.1 Å². The molecule has 1 aromatic carbocycles. The number of carbonyl (C=O) groups excluding carboxylic acids is 2. The fourth-order valence-corrected chi connectivity index (χ4v) is 2.08. The Hall–Kier alpha value is -1.88. The van der Waals surface area contributed by atoms with Crippen LogP contribution in [0.2, 0.25) is 0 Å². The number of methoxy groups -OCH3 is 1. The number of ether oxygens (including phenoxy) is 2.